The van der Waals surface area contributed by atoms with Crippen LogP contribution in [0, 0.1) is 11.3 Å². The average Bonchev–Trinajstić information content (AvgIpc) is 2.50. The van der Waals surface area contributed by atoms with Crippen LogP contribution in [0.15, 0.2) is 27.8 Å². The summed E-state index contributed by atoms with van der Waals surface area (Å²) in [4.78, 5) is 24.1. The quantitative estimate of drug-likeness (QED) is 0.919. The Morgan fingerprint density at radius 3 is 2.43 bits per heavy atom. The molecular formula is C15H14Cl2N4O2. The molecule has 1 aromatic heterocycles. The predicted molar refractivity (Wildman–Crippen MR) is 90.1 cm³/mol. The fourth-order valence-electron chi connectivity index (χ4n) is 2.25. The molecule has 0 spiro atoms. The molecule has 2 aromatic rings. The molecule has 0 radical (unpaired) electrons. The molecule has 2 rings (SSSR count). The van der Waals surface area contributed by atoms with Gasteiger partial charge < -0.3 is 5.32 Å². The molecule has 0 bridgehead atoms. The largest absolute Gasteiger partial charge is 0.364 e. The Morgan fingerprint density at radius 1 is 1.22 bits per heavy atom. The van der Waals surface area contributed by atoms with Gasteiger partial charge in [-0.2, -0.15) is 5.26 Å². The number of nitriles is 1. The number of nitrogens with zero attached hydrogens (tertiary/aromatic N) is 3. The minimum atomic E-state index is -0.646. The fraction of sp³-hybridized carbons (Fsp3) is 0.267. The lowest BCUT2D eigenvalue weighted by molar-refractivity contribution is 0.678. The fourth-order valence-corrected chi connectivity index (χ4v) is 2.82. The Morgan fingerprint density at radius 2 is 1.87 bits per heavy atom. The number of nitrogens with one attached hydrogen (secondary N) is 1. The molecule has 0 amide bonds. The maximum Gasteiger partial charge on any atom is 0.332 e. The van der Waals surface area contributed by atoms with Gasteiger partial charge in [0.15, 0.2) is 5.56 Å². The Labute approximate surface area is 142 Å². The van der Waals surface area contributed by atoms with Gasteiger partial charge in [-0.25, -0.2) is 4.79 Å². The van der Waals surface area contributed by atoms with Crippen LogP contribution in [0.5, 0.6) is 0 Å². The van der Waals surface area contributed by atoms with Crippen molar-refractivity contribution in [3.8, 4) is 6.07 Å². The third-order valence-electron chi connectivity index (χ3n) is 3.56. The number of hydrogen-bond donors (Lipinski definition) is 1. The molecular weight excluding hydrogens is 339 g/mol. The van der Waals surface area contributed by atoms with Crippen LogP contribution in [-0.2, 0) is 14.1 Å². The number of benzene rings is 1. The molecule has 1 aromatic carbocycles. The Hall–Kier alpha value is -2.23. The summed E-state index contributed by atoms with van der Waals surface area (Å²) in [6, 6.07) is 6.54. The van der Waals surface area contributed by atoms with E-state index in [1.165, 1.54) is 18.7 Å². The van der Waals surface area contributed by atoms with Gasteiger partial charge in [0.2, 0.25) is 0 Å². The van der Waals surface area contributed by atoms with Crippen molar-refractivity contribution >= 4 is 29.0 Å². The van der Waals surface area contributed by atoms with Crippen LogP contribution in [0.25, 0.3) is 0 Å². The van der Waals surface area contributed by atoms with Gasteiger partial charge in [0.1, 0.15) is 11.9 Å². The van der Waals surface area contributed by atoms with Gasteiger partial charge in [-0.05, 0) is 24.6 Å². The van der Waals surface area contributed by atoms with Crippen LogP contribution in [0.3, 0.4) is 0 Å². The van der Waals surface area contributed by atoms with Crippen LogP contribution in [0.2, 0.25) is 10.0 Å². The van der Waals surface area contributed by atoms with Crippen molar-refractivity contribution in [3.63, 3.8) is 0 Å². The zero-order valence-corrected chi connectivity index (χ0v) is 14.2. The first kappa shape index (κ1) is 17.1. The van der Waals surface area contributed by atoms with Crippen molar-refractivity contribution in [2.24, 2.45) is 14.1 Å². The van der Waals surface area contributed by atoms with E-state index in [1.807, 2.05) is 6.07 Å². The highest BCUT2D eigenvalue weighted by molar-refractivity contribution is 6.35. The lowest BCUT2D eigenvalue weighted by atomic mass is 10.1. The summed E-state index contributed by atoms with van der Waals surface area (Å²) in [5.74, 6) is 0.152. The molecule has 23 heavy (non-hydrogen) atoms. The van der Waals surface area contributed by atoms with Gasteiger partial charge in [-0.3, -0.25) is 13.9 Å². The van der Waals surface area contributed by atoms with E-state index >= 15 is 0 Å². The zero-order valence-electron chi connectivity index (χ0n) is 12.7. The minimum absolute atomic E-state index is 0.133. The van der Waals surface area contributed by atoms with Gasteiger partial charge in [-0.15, -0.1) is 0 Å². The van der Waals surface area contributed by atoms with Gasteiger partial charge in [0.05, 0.1) is 6.04 Å². The lowest BCUT2D eigenvalue weighted by Gasteiger charge is -2.20. The van der Waals surface area contributed by atoms with Gasteiger partial charge in [0, 0.05) is 24.1 Å². The van der Waals surface area contributed by atoms with Gasteiger partial charge in [0.25, 0.3) is 5.56 Å². The molecule has 1 heterocycles. The van der Waals surface area contributed by atoms with Crippen molar-refractivity contribution in [1.29, 1.82) is 5.26 Å². The van der Waals surface area contributed by atoms with Crippen molar-refractivity contribution in [2.75, 3.05) is 5.32 Å². The number of rotatable bonds is 3. The number of aromatic nitrogens is 2. The van der Waals surface area contributed by atoms with E-state index < -0.39 is 11.2 Å². The van der Waals surface area contributed by atoms with E-state index in [1.54, 1.807) is 25.1 Å². The molecule has 0 unspecified atom stereocenters. The minimum Gasteiger partial charge on any atom is -0.364 e. The molecule has 6 nitrogen and oxygen atoms in total. The molecule has 1 N–H and O–H groups in total. The Bertz CT molecular complexity index is 925. The first-order chi connectivity index (χ1) is 10.8. The molecule has 0 aliphatic carbocycles. The topological polar surface area (TPSA) is 79.8 Å². The second kappa shape index (κ2) is 6.49. The van der Waals surface area contributed by atoms with Crippen LogP contribution >= 0.6 is 23.2 Å². The van der Waals surface area contributed by atoms with Crippen molar-refractivity contribution in [2.45, 2.75) is 13.0 Å². The summed E-state index contributed by atoms with van der Waals surface area (Å²) < 4.78 is 2.12. The van der Waals surface area contributed by atoms with Crippen LogP contribution in [0.1, 0.15) is 24.1 Å². The summed E-state index contributed by atoms with van der Waals surface area (Å²) in [6.07, 6.45) is 0. The normalized spacial score (nSPS) is 11.8. The number of hydrogen-bond acceptors (Lipinski definition) is 4. The third kappa shape index (κ3) is 3.11. The smallest absolute Gasteiger partial charge is 0.332 e. The Kier molecular flexibility index (Phi) is 4.83. The van der Waals surface area contributed by atoms with E-state index in [-0.39, 0.29) is 17.4 Å². The summed E-state index contributed by atoms with van der Waals surface area (Å²) in [7, 11) is 2.82. The second-order valence-corrected chi connectivity index (χ2v) is 5.92. The second-order valence-electron chi connectivity index (χ2n) is 5.07. The predicted octanol–water partition coefficient (Wildman–Crippen LogP) is 2.44. The standard InChI is InChI=1S/C15H14Cl2N4O2/c1-8(10-5-4-9(16)6-12(10)17)19-13-11(7-18)14(22)21(3)15(23)20(13)2/h4-6,8,19H,1-3H3/t8-/m1/s1. The summed E-state index contributed by atoms with van der Waals surface area (Å²) in [6.45, 7) is 1.80. The third-order valence-corrected chi connectivity index (χ3v) is 4.12. The Balaban J connectivity index is 2.54. The van der Waals surface area contributed by atoms with E-state index in [9.17, 15) is 14.9 Å². The number of halogens is 2. The van der Waals surface area contributed by atoms with Crippen LogP contribution < -0.4 is 16.6 Å². The van der Waals surface area contributed by atoms with Gasteiger partial charge in [-0.1, -0.05) is 29.3 Å². The molecule has 0 saturated heterocycles. The monoisotopic (exact) mass is 352 g/mol. The lowest BCUT2D eigenvalue weighted by Crippen LogP contribution is -2.40. The van der Waals surface area contributed by atoms with Crippen molar-refractivity contribution < 1.29 is 0 Å². The average molecular weight is 353 g/mol. The maximum absolute atomic E-state index is 12.1. The highest BCUT2D eigenvalue weighted by atomic mass is 35.5. The summed E-state index contributed by atoms with van der Waals surface area (Å²) in [5, 5.41) is 13.2. The summed E-state index contributed by atoms with van der Waals surface area (Å²) in [5.41, 5.74) is -0.571. The van der Waals surface area contributed by atoms with Crippen molar-refractivity contribution in [1.82, 2.24) is 9.13 Å². The molecule has 0 aliphatic heterocycles. The first-order valence-corrected chi connectivity index (χ1v) is 7.45. The van der Waals surface area contributed by atoms with E-state index in [4.69, 9.17) is 23.2 Å². The van der Waals surface area contributed by atoms with E-state index in [2.05, 4.69) is 5.32 Å². The van der Waals surface area contributed by atoms with E-state index in [0.717, 1.165) is 10.1 Å². The van der Waals surface area contributed by atoms with Gasteiger partial charge >= 0.3 is 5.69 Å². The van der Waals surface area contributed by atoms with E-state index in [0.29, 0.717) is 10.0 Å². The highest BCUT2D eigenvalue weighted by Crippen LogP contribution is 2.28. The molecule has 8 heteroatoms. The maximum atomic E-state index is 12.1. The molecule has 0 saturated carbocycles. The SMILES string of the molecule is C[C@@H](Nc1c(C#N)c(=O)n(C)c(=O)n1C)c1ccc(Cl)cc1Cl. The number of anilines is 1. The summed E-state index contributed by atoms with van der Waals surface area (Å²) >= 11 is 12.0. The first-order valence-electron chi connectivity index (χ1n) is 6.69. The highest BCUT2D eigenvalue weighted by Gasteiger charge is 2.18. The van der Waals surface area contributed by atoms with Crippen molar-refractivity contribution in [3.05, 3.63) is 60.2 Å². The molecule has 0 fully saturated rings. The zero-order chi connectivity index (χ0) is 17.3. The van der Waals surface area contributed by atoms with Crippen LogP contribution in [0.4, 0.5) is 5.82 Å². The molecule has 0 aliphatic rings. The molecule has 1 atom stereocenters. The molecule has 120 valence electrons. The van der Waals surface area contributed by atoms with Crippen LogP contribution in [-0.4, -0.2) is 9.13 Å².